The second-order valence-electron chi connectivity index (χ2n) is 8.44. The van der Waals surface area contributed by atoms with E-state index < -0.39 is 5.97 Å². The van der Waals surface area contributed by atoms with Crippen LogP contribution in [0.15, 0.2) is 18.2 Å². The van der Waals surface area contributed by atoms with Crippen LogP contribution in [0.1, 0.15) is 37.0 Å². The van der Waals surface area contributed by atoms with Gasteiger partial charge < -0.3 is 23.8 Å². The summed E-state index contributed by atoms with van der Waals surface area (Å²) in [5, 5.41) is 0. The average Bonchev–Trinajstić information content (AvgIpc) is 2.76. The molecule has 0 bridgehead atoms. The number of carbonyl (C=O) groups is 2. The van der Waals surface area contributed by atoms with Gasteiger partial charge in [-0.15, -0.1) is 0 Å². The molecule has 2 aliphatic heterocycles. The molecule has 0 spiro atoms. The number of piperidine rings is 1. The van der Waals surface area contributed by atoms with Crippen molar-refractivity contribution in [1.82, 2.24) is 9.80 Å². The van der Waals surface area contributed by atoms with Gasteiger partial charge in [-0.1, -0.05) is 0 Å². The summed E-state index contributed by atoms with van der Waals surface area (Å²) in [6.07, 6.45) is 2.56. The summed E-state index contributed by atoms with van der Waals surface area (Å²) >= 11 is 0. The first-order valence-electron chi connectivity index (χ1n) is 10.9. The highest BCUT2D eigenvalue weighted by Crippen LogP contribution is 2.29. The number of likely N-dealkylation sites (tertiary alicyclic amines) is 1. The summed E-state index contributed by atoms with van der Waals surface area (Å²) in [5.74, 6) is 0.929. The Morgan fingerprint density at radius 2 is 1.74 bits per heavy atom. The lowest BCUT2D eigenvalue weighted by atomic mass is 9.95. The topological polar surface area (TPSA) is 77.5 Å². The van der Waals surface area contributed by atoms with Crippen molar-refractivity contribution in [2.24, 2.45) is 5.92 Å². The second kappa shape index (κ2) is 10.8. The van der Waals surface area contributed by atoms with Gasteiger partial charge in [0.1, 0.15) is 0 Å². The van der Waals surface area contributed by atoms with Gasteiger partial charge in [0, 0.05) is 38.3 Å². The Bertz CT molecular complexity index is 752. The standard InChI is InChI=1S/C23H34N2O6/c1-16-12-24(13-17(2)31-16)14-18-7-9-25(10-8-18)23(27)19-5-6-20(21(11-19)28-3)30-15-22(26)29-4/h5-6,11,16-18H,7-10,12-15H2,1-4H3. The average molecular weight is 435 g/mol. The Hall–Kier alpha value is -2.32. The SMILES string of the molecule is COC(=O)COc1ccc(C(=O)N2CCC(CN3CC(C)OC(C)C3)CC2)cc1OC. The van der Waals surface area contributed by atoms with Gasteiger partial charge in [0.2, 0.25) is 0 Å². The van der Waals surface area contributed by atoms with Gasteiger partial charge in [0.05, 0.1) is 26.4 Å². The Balaban J connectivity index is 1.53. The minimum atomic E-state index is -0.480. The molecular weight excluding hydrogens is 400 g/mol. The van der Waals surface area contributed by atoms with Crippen LogP contribution in [0.4, 0.5) is 0 Å². The third kappa shape index (κ3) is 6.33. The molecule has 2 saturated heterocycles. The first-order valence-corrected chi connectivity index (χ1v) is 10.9. The Labute approximate surface area is 184 Å². The number of rotatable bonds is 7. The second-order valence-corrected chi connectivity index (χ2v) is 8.44. The number of hydrogen-bond donors (Lipinski definition) is 0. The van der Waals surface area contributed by atoms with Crippen molar-refractivity contribution in [1.29, 1.82) is 0 Å². The van der Waals surface area contributed by atoms with Gasteiger partial charge in [-0.25, -0.2) is 4.79 Å². The third-order valence-electron chi connectivity index (χ3n) is 5.90. The van der Waals surface area contributed by atoms with Crippen LogP contribution in [-0.2, 0) is 14.3 Å². The van der Waals surface area contributed by atoms with E-state index in [0.29, 0.717) is 23.0 Å². The normalized spacial score (nSPS) is 22.8. The van der Waals surface area contributed by atoms with Crippen molar-refractivity contribution in [2.45, 2.75) is 38.9 Å². The first kappa shape index (κ1) is 23.3. The van der Waals surface area contributed by atoms with E-state index in [1.165, 1.54) is 14.2 Å². The van der Waals surface area contributed by atoms with Gasteiger partial charge in [-0.3, -0.25) is 9.69 Å². The Kier molecular flexibility index (Phi) is 8.15. The summed E-state index contributed by atoms with van der Waals surface area (Å²) in [6.45, 7) is 8.58. The summed E-state index contributed by atoms with van der Waals surface area (Å²) in [7, 11) is 2.81. The zero-order valence-corrected chi connectivity index (χ0v) is 19.0. The number of carbonyl (C=O) groups excluding carboxylic acids is 2. The maximum absolute atomic E-state index is 13.0. The highest BCUT2D eigenvalue weighted by molar-refractivity contribution is 5.95. The van der Waals surface area contributed by atoms with Crippen molar-refractivity contribution in [3.05, 3.63) is 23.8 Å². The Morgan fingerprint density at radius 3 is 2.35 bits per heavy atom. The van der Waals surface area contributed by atoms with E-state index in [0.717, 1.165) is 45.6 Å². The first-order chi connectivity index (χ1) is 14.9. The summed E-state index contributed by atoms with van der Waals surface area (Å²) in [4.78, 5) is 28.7. The molecule has 8 nitrogen and oxygen atoms in total. The lowest BCUT2D eigenvalue weighted by molar-refractivity contribution is -0.142. The van der Waals surface area contributed by atoms with Crippen molar-refractivity contribution >= 4 is 11.9 Å². The molecule has 2 atom stereocenters. The molecule has 31 heavy (non-hydrogen) atoms. The zero-order chi connectivity index (χ0) is 22.4. The van der Waals surface area contributed by atoms with Crippen molar-refractivity contribution in [2.75, 3.05) is 53.6 Å². The summed E-state index contributed by atoms with van der Waals surface area (Å²) in [5.41, 5.74) is 0.552. The van der Waals surface area contributed by atoms with E-state index in [9.17, 15) is 9.59 Å². The van der Waals surface area contributed by atoms with Crippen LogP contribution in [0.3, 0.4) is 0 Å². The largest absolute Gasteiger partial charge is 0.493 e. The number of morpholine rings is 1. The maximum atomic E-state index is 13.0. The molecule has 0 aromatic heterocycles. The van der Waals surface area contributed by atoms with Crippen LogP contribution >= 0.6 is 0 Å². The van der Waals surface area contributed by atoms with Gasteiger partial charge >= 0.3 is 5.97 Å². The van der Waals surface area contributed by atoms with Crippen LogP contribution in [0.25, 0.3) is 0 Å². The molecule has 0 N–H and O–H groups in total. The predicted octanol–water partition coefficient (Wildman–Crippen LogP) is 2.21. The minimum absolute atomic E-state index is 0.00937. The predicted molar refractivity (Wildman–Crippen MR) is 116 cm³/mol. The number of esters is 1. The van der Waals surface area contributed by atoms with Gasteiger partial charge in [-0.05, 0) is 50.8 Å². The van der Waals surface area contributed by atoms with E-state index in [2.05, 4.69) is 23.5 Å². The number of nitrogens with zero attached hydrogens (tertiary/aromatic N) is 2. The number of benzene rings is 1. The van der Waals surface area contributed by atoms with Crippen LogP contribution in [0.5, 0.6) is 11.5 Å². The quantitative estimate of drug-likeness (QED) is 0.609. The number of hydrogen-bond acceptors (Lipinski definition) is 7. The van der Waals surface area contributed by atoms with Crippen LogP contribution in [0, 0.1) is 5.92 Å². The van der Waals surface area contributed by atoms with E-state index in [1.54, 1.807) is 18.2 Å². The number of methoxy groups -OCH3 is 2. The van der Waals surface area contributed by atoms with Gasteiger partial charge in [0.15, 0.2) is 18.1 Å². The van der Waals surface area contributed by atoms with Gasteiger partial charge in [0.25, 0.3) is 5.91 Å². The van der Waals surface area contributed by atoms with E-state index in [-0.39, 0.29) is 24.7 Å². The fraction of sp³-hybridized carbons (Fsp3) is 0.652. The molecule has 2 fully saturated rings. The van der Waals surface area contributed by atoms with E-state index in [1.807, 2.05) is 4.90 Å². The molecule has 1 aromatic rings. The molecule has 0 radical (unpaired) electrons. The number of amides is 1. The third-order valence-corrected chi connectivity index (χ3v) is 5.90. The molecule has 2 aliphatic rings. The van der Waals surface area contributed by atoms with Crippen molar-refractivity contribution in [3.63, 3.8) is 0 Å². The summed E-state index contributed by atoms with van der Waals surface area (Å²) < 4.78 is 21.2. The lowest BCUT2D eigenvalue weighted by Gasteiger charge is -2.39. The van der Waals surface area contributed by atoms with Crippen molar-refractivity contribution in [3.8, 4) is 11.5 Å². The molecule has 1 aromatic carbocycles. The summed E-state index contributed by atoms with van der Waals surface area (Å²) in [6, 6.07) is 5.03. The van der Waals surface area contributed by atoms with Crippen LogP contribution in [0.2, 0.25) is 0 Å². The highest BCUT2D eigenvalue weighted by atomic mass is 16.6. The van der Waals surface area contributed by atoms with Gasteiger partial charge in [-0.2, -0.15) is 0 Å². The van der Waals surface area contributed by atoms with Crippen molar-refractivity contribution < 1.29 is 28.5 Å². The molecule has 2 heterocycles. The smallest absolute Gasteiger partial charge is 0.343 e. The number of ether oxygens (including phenoxy) is 4. The fourth-order valence-electron chi connectivity index (χ4n) is 4.42. The van der Waals surface area contributed by atoms with Crippen LogP contribution in [-0.4, -0.2) is 87.4 Å². The molecule has 172 valence electrons. The highest BCUT2D eigenvalue weighted by Gasteiger charge is 2.28. The molecule has 2 unspecified atom stereocenters. The minimum Gasteiger partial charge on any atom is -0.493 e. The molecule has 0 saturated carbocycles. The molecular formula is C23H34N2O6. The Morgan fingerprint density at radius 1 is 1.06 bits per heavy atom. The maximum Gasteiger partial charge on any atom is 0.343 e. The monoisotopic (exact) mass is 434 g/mol. The van der Waals surface area contributed by atoms with E-state index in [4.69, 9.17) is 14.2 Å². The van der Waals surface area contributed by atoms with Crippen LogP contribution < -0.4 is 9.47 Å². The fourth-order valence-corrected chi connectivity index (χ4v) is 4.42. The molecule has 0 aliphatic carbocycles. The molecule has 1 amide bonds. The zero-order valence-electron chi connectivity index (χ0n) is 19.0. The van der Waals surface area contributed by atoms with E-state index >= 15 is 0 Å². The molecule has 3 rings (SSSR count). The lowest BCUT2D eigenvalue weighted by Crippen LogP contribution is -2.48. The molecule has 8 heteroatoms.